The van der Waals surface area contributed by atoms with E-state index in [0.29, 0.717) is 11.2 Å². The van der Waals surface area contributed by atoms with Crippen LogP contribution in [0.1, 0.15) is 11.7 Å². The van der Waals surface area contributed by atoms with Gasteiger partial charge in [-0.2, -0.15) is 0 Å². The Bertz CT molecular complexity index is 574. The summed E-state index contributed by atoms with van der Waals surface area (Å²) in [6, 6.07) is 6.11. The monoisotopic (exact) mass is 234 g/mol. The fraction of sp³-hybridized carbons (Fsp3) is 0.250. The number of benzene rings is 1. The van der Waals surface area contributed by atoms with Gasteiger partial charge in [0, 0.05) is 18.1 Å². The molecule has 1 aromatic heterocycles. The molecule has 1 atom stereocenters. The Balaban J connectivity index is 2.60. The molecule has 3 N–H and O–H groups in total. The summed E-state index contributed by atoms with van der Waals surface area (Å²) in [5.41, 5.74) is 7.05. The van der Waals surface area contributed by atoms with Gasteiger partial charge in [0.2, 0.25) is 0 Å². The molecule has 0 aliphatic carbocycles. The van der Waals surface area contributed by atoms with Crippen molar-refractivity contribution in [3.05, 3.63) is 30.0 Å². The summed E-state index contributed by atoms with van der Waals surface area (Å²) in [5.74, 6) is -0.344. The fourth-order valence-corrected chi connectivity index (χ4v) is 1.96. The third kappa shape index (κ3) is 1.74. The molecule has 1 heterocycles. The highest BCUT2D eigenvalue weighted by Gasteiger charge is 2.21. The van der Waals surface area contributed by atoms with Crippen LogP contribution in [0.15, 0.2) is 24.3 Å². The van der Waals surface area contributed by atoms with Gasteiger partial charge in [-0.05, 0) is 12.1 Å². The summed E-state index contributed by atoms with van der Waals surface area (Å²) in [5, 5.41) is 10.6. The molecule has 1 unspecified atom stereocenters. The first kappa shape index (κ1) is 11.5. The van der Waals surface area contributed by atoms with Crippen LogP contribution in [0.5, 0.6) is 5.75 Å². The summed E-state index contributed by atoms with van der Waals surface area (Å²) >= 11 is 0. The van der Waals surface area contributed by atoms with Gasteiger partial charge in [0.05, 0.1) is 12.6 Å². The van der Waals surface area contributed by atoms with Crippen molar-refractivity contribution in [3.63, 3.8) is 0 Å². The first-order valence-electron chi connectivity index (χ1n) is 5.17. The Morgan fingerprint density at radius 1 is 1.53 bits per heavy atom. The van der Waals surface area contributed by atoms with Gasteiger partial charge >= 0.3 is 5.97 Å². The van der Waals surface area contributed by atoms with Crippen molar-refractivity contribution in [2.24, 2.45) is 12.8 Å². The quantitative estimate of drug-likeness (QED) is 0.761. The van der Waals surface area contributed by atoms with Crippen LogP contribution >= 0.6 is 0 Å². The van der Waals surface area contributed by atoms with E-state index in [1.54, 1.807) is 29.8 Å². The van der Waals surface area contributed by atoms with Crippen molar-refractivity contribution < 1.29 is 14.6 Å². The molecule has 1 aromatic carbocycles. The average molecular weight is 234 g/mol. The van der Waals surface area contributed by atoms with Gasteiger partial charge in [0.15, 0.2) is 0 Å². The van der Waals surface area contributed by atoms with E-state index >= 15 is 0 Å². The topological polar surface area (TPSA) is 77.5 Å². The Kier molecular flexibility index (Phi) is 2.77. The number of hydrogen-bond donors (Lipinski definition) is 2. The van der Waals surface area contributed by atoms with E-state index in [1.807, 2.05) is 6.07 Å². The standard InChI is InChI=1S/C12H14N2O3/c1-14-8(10(13)12(16)17-2)6-7-4-3-5-9(15)11(7)14/h3-6,10,15H,13H2,1-2H3. The number of nitrogens with two attached hydrogens (primary N) is 1. The first-order valence-corrected chi connectivity index (χ1v) is 5.17. The van der Waals surface area contributed by atoms with Gasteiger partial charge in [-0.3, -0.25) is 0 Å². The van der Waals surface area contributed by atoms with Gasteiger partial charge in [0.25, 0.3) is 0 Å². The van der Waals surface area contributed by atoms with Crippen LogP contribution in [-0.4, -0.2) is 22.8 Å². The molecule has 0 amide bonds. The van der Waals surface area contributed by atoms with Crippen LogP contribution in [-0.2, 0) is 16.6 Å². The molecule has 0 saturated carbocycles. The number of carbonyl (C=O) groups excluding carboxylic acids is 1. The number of aryl methyl sites for hydroxylation is 1. The van der Waals surface area contributed by atoms with Crippen molar-refractivity contribution in [1.82, 2.24) is 4.57 Å². The Hall–Kier alpha value is -2.01. The van der Waals surface area contributed by atoms with Crippen molar-refractivity contribution in [1.29, 1.82) is 0 Å². The van der Waals surface area contributed by atoms with Crippen LogP contribution in [0.4, 0.5) is 0 Å². The number of ether oxygens (including phenoxy) is 1. The van der Waals surface area contributed by atoms with E-state index in [4.69, 9.17) is 5.73 Å². The number of phenolic OH excluding ortho intramolecular Hbond substituents is 1. The molecule has 0 bridgehead atoms. The van der Waals surface area contributed by atoms with E-state index in [2.05, 4.69) is 4.74 Å². The normalized spacial score (nSPS) is 12.6. The fourth-order valence-electron chi connectivity index (χ4n) is 1.96. The third-order valence-corrected chi connectivity index (χ3v) is 2.85. The maximum atomic E-state index is 11.4. The number of hydrogen-bond acceptors (Lipinski definition) is 4. The van der Waals surface area contributed by atoms with E-state index in [9.17, 15) is 9.90 Å². The molecule has 0 aliphatic heterocycles. The number of aromatic nitrogens is 1. The Morgan fingerprint density at radius 3 is 2.82 bits per heavy atom. The zero-order valence-corrected chi connectivity index (χ0v) is 9.68. The number of methoxy groups -OCH3 is 1. The van der Waals surface area contributed by atoms with Gasteiger partial charge in [-0.1, -0.05) is 12.1 Å². The van der Waals surface area contributed by atoms with E-state index in [0.717, 1.165) is 5.39 Å². The number of carbonyl (C=O) groups is 1. The lowest BCUT2D eigenvalue weighted by atomic mass is 10.2. The van der Waals surface area contributed by atoms with Crippen LogP contribution < -0.4 is 5.73 Å². The van der Waals surface area contributed by atoms with Crippen LogP contribution in [0.25, 0.3) is 10.9 Å². The average Bonchev–Trinajstić information content (AvgIpc) is 2.66. The summed E-state index contributed by atoms with van der Waals surface area (Å²) < 4.78 is 6.31. The van der Waals surface area contributed by atoms with E-state index in [-0.39, 0.29) is 5.75 Å². The zero-order chi connectivity index (χ0) is 12.6. The SMILES string of the molecule is COC(=O)C(N)c1cc2cccc(O)c2n1C. The molecule has 0 saturated heterocycles. The van der Waals surface area contributed by atoms with Gasteiger partial charge < -0.3 is 20.1 Å². The molecule has 2 rings (SSSR count). The molecule has 0 radical (unpaired) electrons. The smallest absolute Gasteiger partial charge is 0.328 e. The van der Waals surface area contributed by atoms with Crippen LogP contribution in [0.2, 0.25) is 0 Å². The molecule has 0 spiro atoms. The highest BCUT2D eigenvalue weighted by molar-refractivity contribution is 5.88. The minimum atomic E-state index is -0.850. The lowest BCUT2D eigenvalue weighted by Gasteiger charge is -2.10. The zero-order valence-electron chi connectivity index (χ0n) is 9.68. The van der Waals surface area contributed by atoms with E-state index < -0.39 is 12.0 Å². The molecule has 0 fully saturated rings. The number of nitrogens with zero attached hydrogens (tertiary/aromatic N) is 1. The van der Waals surface area contributed by atoms with Gasteiger partial charge in [0.1, 0.15) is 11.8 Å². The van der Waals surface area contributed by atoms with Crippen molar-refractivity contribution >= 4 is 16.9 Å². The van der Waals surface area contributed by atoms with E-state index in [1.165, 1.54) is 7.11 Å². The minimum Gasteiger partial charge on any atom is -0.506 e. The number of esters is 1. The highest BCUT2D eigenvalue weighted by Crippen LogP contribution is 2.29. The van der Waals surface area contributed by atoms with Crippen molar-refractivity contribution in [3.8, 4) is 5.75 Å². The van der Waals surface area contributed by atoms with Crippen LogP contribution in [0, 0.1) is 0 Å². The van der Waals surface area contributed by atoms with Crippen LogP contribution in [0.3, 0.4) is 0 Å². The predicted molar refractivity (Wildman–Crippen MR) is 63.5 cm³/mol. The highest BCUT2D eigenvalue weighted by atomic mass is 16.5. The largest absolute Gasteiger partial charge is 0.506 e. The number of rotatable bonds is 2. The summed E-state index contributed by atoms with van der Waals surface area (Å²) in [4.78, 5) is 11.4. The second kappa shape index (κ2) is 4.10. The summed E-state index contributed by atoms with van der Waals surface area (Å²) in [6.45, 7) is 0. The molecule has 0 aliphatic rings. The number of fused-ring (bicyclic) bond motifs is 1. The molecular weight excluding hydrogens is 220 g/mol. The number of phenols is 1. The second-order valence-electron chi connectivity index (χ2n) is 3.84. The van der Waals surface area contributed by atoms with Gasteiger partial charge in [-0.25, -0.2) is 4.79 Å². The maximum Gasteiger partial charge on any atom is 0.328 e. The maximum absolute atomic E-state index is 11.4. The molecule has 17 heavy (non-hydrogen) atoms. The first-order chi connectivity index (χ1) is 8.06. The minimum absolute atomic E-state index is 0.160. The molecule has 2 aromatic rings. The molecule has 5 nitrogen and oxygen atoms in total. The number of para-hydroxylation sites is 1. The summed E-state index contributed by atoms with van der Waals surface area (Å²) in [7, 11) is 3.04. The Morgan fingerprint density at radius 2 is 2.24 bits per heavy atom. The van der Waals surface area contributed by atoms with Crippen molar-refractivity contribution in [2.45, 2.75) is 6.04 Å². The number of aromatic hydroxyl groups is 1. The molecule has 5 heteroatoms. The van der Waals surface area contributed by atoms with Gasteiger partial charge in [-0.15, -0.1) is 0 Å². The Labute approximate surface area is 98.4 Å². The molecular formula is C12H14N2O3. The lowest BCUT2D eigenvalue weighted by molar-refractivity contribution is -0.142. The second-order valence-corrected chi connectivity index (χ2v) is 3.84. The lowest BCUT2D eigenvalue weighted by Crippen LogP contribution is -2.24. The summed E-state index contributed by atoms with van der Waals surface area (Å²) in [6.07, 6.45) is 0. The predicted octanol–water partition coefficient (Wildman–Crippen LogP) is 1.06. The third-order valence-electron chi connectivity index (χ3n) is 2.85. The molecule has 90 valence electrons. The van der Waals surface area contributed by atoms with Crippen molar-refractivity contribution in [2.75, 3.05) is 7.11 Å².